The molecule has 1 atom stereocenters. The minimum atomic E-state index is 0.111. The lowest BCUT2D eigenvalue weighted by atomic mass is 10.1. The van der Waals surface area contributed by atoms with Crippen LogP contribution in [-0.2, 0) is 11.3 Å². The highest BCUT2D eigenvalue weighted by Crippen LogP contribution is 2.26. The summed E-state index contributed by atoms with van der Waals surface area (Å²) < 4.78 is 16.4. The summed E-state index contributed by atoms with van der Waals surface area (Å²) in [7, 11) is 3.37. The van der Waals surface area contributed by atoms with Gasteiger partial charge in [0.15, 0.2) is 0 Å². The van der Waals surface area contributed by atoms with Crippen molar-refractivity contribution in [3.8, 4) is 11.5 Å². The quantitative estimate of drug-likeness (QED) is 0.755. The molecule has 4 nitrogen and oxygen atoms in total. The van der Waals surface area contributed by atoms with E-state index in [1.54, 1.807) is 14.2 Å². The Hall–Kier alpha value is -1.26. The summed E-state index contributed by atoms with van der Waals surface area (Å²) in [5.74, 6) is 1.69. The SMILES string of the molecule is COCCC(C)Oc1cc(OC)ccc1CNC(C)C. The maximum Gasteiger partial charge on any atom is 0.127 e. The minimum Gasteiger partial charge on any atom is -0.497 e. The van der Waals surface area contributed by atoms with Crippen molar-refractivity contribution in [2.75, 3.05) is 20.8 Å². The molecule has 1 rings (SSSR count). The molecule has 1 N–H and O–H groups in total. The van der Waals surface area contributed by atoms with Gasteiger partial charge in [-0.2, -0.15) is 0 Å². The monoisotopic (exact) mass is 281 g/mol. The van der Waals surface area contributed by atoms with Crippen LogP contribution in [0.5, 0.6) is 11.5 Å². The highest BCUT2D eigenvalue weighted by atomic mass is 16.5. The van der Waals surface area contributed by atoms with Crippen LogP contribution in [0.4, 0.5) is 0 Å². The lowest BCUT2D eigenvalue weighted by Crippen LogP contribution is -2.23. The van der Waals surface area contributed by atoms with Crippen LogP contribution in [0.15, 0.2) is 18.2 Å². The normalized spacial score (nSPS) is 12.5. The topological polar surface area (TPSA) is 39.7 Å². The molecule has 0 aromatic heterocycles. The van der Waals surface area contributed by atoms with Gasteiger partial charge in [-0.05, 0) is 13.0 Å². The van der Waals surface area contributed by atoms with E-state index in [0.29, 0.717) is 12.6 Å². The van der Waals surface area contributed by atoms with E-state index < -0.39 is 0 Å². The van der Waals surface area contributed by atoms with Crippen LogP contribution in [0.3, 0.4) is 0 Å². The Morgan fingerprint density at radius 2 is 1.90 bits per heavy atom. The zero-order valence-corrected chi connectivity index (χ0v) is 13.2. The number of benzene rings is 1. The van der Waals surface area contributed by atoms with Crippen LogP contribution >= 0.6 is 0 Å². The molecule has 20 heavy (non-hydrogen) atoms. The number of hydrogen-bond donors (Lipinski definition) is 1. The minimum absolute atomic E-state index is 0.111. The lowest BCUT2D eigenvalue weighted by Gasteiger charge is -2.19. The first kappa shape index (κ1) is 16.8. The van der Waals surface area contributed by atoms with Crippen LogP contribution in [0.2, 0.25) is 0 Å². The van der Waals surface area contributed by atoms with Gasteiger partial charge in [-0.15, -0.1) is 0 Å². The van der Waals surface area contributed by atoms with Crippen LogP contribution in [0, 0.1) is 0 Å². The third kappa shape index (κ3) is 5.80. The first-order chi connectivity index (χ1) is 9.56. The van der Waals surface area contributed by atoms with Gasteiger partial charge in [0.25, 0.3) is 0 Å². The Morgan fingerprint density at radius 3 is 2.50 bits per heavy atom. The fourth-order valence-corrected chi connectivity index (χ4v) is 1.79. The first-order valence-electron chi connectivity index (χ1n) is 7.12. The summed E-state index contributed by atoms with van der Waals surface area (Å²) in [4.78, 5) is 0. The van der Waals surface area contributed by atoms with E-state index in [4.69, 9.17) is 14.2 Å². The van der Waals surface area contributed by atoms with Crippen molar-refractivity contribution in [2.24, 2.45) is 0 Å². The average Bonchev–Trinajstić information content (AvgIpc) is 2.43. The smallest absolute Gasteiger partial charge is 0.127 e. The van der Waals surface area contributed by atoms with E-state index in [1.165, 1.54) is 0 Å². The highest BCUT2D eigenvalue weighted by molar-refractivity contribution is 5.40. The van der Waals surface area contributed by atoms with Crippen LogP contribution in [0.25, 0.3) is 0 Å². The van der Waals surface area contributed by atoms with Gasteiger partial charge in [-0.3, -0.25) is 0 Å². The molecule has 0 saturated carbocycles. The molecule has 0 fully saturated rings. The third-order valence-electron chi connectivity index (χ3n) is 3.03. The van der Waals surface area contributed by atoms with Gasteiger partial charge in [-0.1, -0.05) is 19.9 Å². The molecule has 0 aliphatic heterocycles. The van der Waals surface area contributed by atoms with Crippen molar-refractivity contribution in [2.45, 2.75) is 45.9 Å². The van der Waals surface area contributed by atoms with Crippen molar-refractivity contribution < 1.29 is 14.2 Å². The molecule has 0 heterocycles. The van der Waals surface area contributed by atoms with E-state index >= 15 is 0 Å². The average molecular weight is 281 g/mol. The van der Waals surface area contributed by atoms with E-state index in [9.17, 15) is 0 Å². The second-order valence-corrected chi connectivity index (χ2v) is 5.22. The summed E-state index contributed by atoms with van der Waals surface area (Å²) in [6.07, 6.45) is 0.977. The van der Waals surface area contributed by atoms with Gasteiger partial charge in [0, 0.05) is 44.4 Å². The second kappa shape index (κ2) is 8.82. The molecule has 0 saturated heterocycles. The molecule has 1 unspecified atom stereocenters. The van der Waals surface area contributed by atoms with E-state index in [-0.39, 0.29) is 6.10 Å². The van der Waals surface area contributed by atoms with E-state index in [1.807, 2.05) is 18.2 Å². The van der Waals surface area contributed by atoms with Crippen LogP contribution < -0.4 is 14.8 Å². The standard InChI is InChI=1S/C16H27NO3/c1-12(2)17-11-14-6-7-15(19-5)10-16(14)20-13(3)8-9-18-4/h6-7,10,12-13,17H,8-9,11H2,1-5H3. The molecule has 1 aromatic rings. The van der Waals surface area contributed by atoms with Crippen molar-refractivity contribution in [3.05, 3.63) is 23.8 Å². The lowest BCUT2D eigenvalue weighted by molar-refractivity contribution is 0.134. The number of nitrogens with one attached hydrogen (secondary N) is 1. The van der Waals surface area contributed by atoms with E-state index in [0.717, 1.165) is 30.0 Å². The molecule has 4 heteroatoms. The fraction of sp³-hybridized carbons (Fsp3) is 0.625. The number of ether oxygens (including phenoxy) is 3. The number of rotatable bonds is 9. The van der Waals surface area contributed by atoms with Gasteiger partial charge in [0.05, 0.1) is 13.2 Å². The van der Waals surface area contributed by atoms with Crippen LogP contribution in [-0.4, -0.2) is 33.0 Å². The Balaban J connectivity index is 2.77. The maximum absolute atomic E-state index is 6.02. The molecule has 0 aliphatic rings. The molecule has 0 bridgehead atoms. The summed E-state index contributed by atoms with van der Waals surface area (Å²) in [5, 5.41) is 3.41. The summed E-state index contributed by atoms with van der Waals surface area (Å²) in [6.45, 7) is 7.80. The van der Waals surface area contributed by atoms with Crippen molar-refractivity contribution in [1.82, 2.24) is 5.32 Å². The van der Waals surface area contributed by atoms with Gasteiger partial charge < -0.3 is 19.5 Å². The maximum atomic E-state index is 6.02. The second-order valence-electron chi connectivity index (χ2n) is 5.22. The number of hydrogen-bond acceptors (Lipinski definition) is 4. The zero-order valence-electron chi connectivity index (χ0n) is 13.2. The van der Waals surface area contributed by atoms with Crippen LogP contribution in [0.1, 0.15) is 32.8 Å². The zero-order chi connectivity index (χ0) is 15.0. The summed E-state index contributed by atoms with van der Waals surface area (Å²) >= 11 is 0. The molecule has 0 radical (unpaired) electrons. The van der Waals surface area contributed by atoms with Crippen molar-refractivity contribution >= 4 is 0 Å². The molecule has 0 amide bonds. The van der Waals surface area contributed by atoms with Crippen molar-refractivity contribution in [3.63, 3.8) is 0 Å². The van der Waals surface area contributed by atoms with Gasteiger partial charge in [-0.25, -0.2) is 0 Å². The number of methoxy groups -OCH3 is 2. The Bertz CT molecular complexity index is 393. The predicted octanol–water partition coefficient (Wildman–Crippen LogP) is 3.00. The Labute approximate surface area is 122 Å². The van der Waals surface area contributed by atoms with Gasteiger partial charge >= 0.3 is 0 Å². The fourth-order valence-electron chi connectivity index (χ4n) is 1.79. The van der Waals surface area contributed by atoms with E-state index in [2.05, 4.69) is 26.1 Å². The molecule has 0 aliphatic carbocycles. The molecule has 0 spiro atoms. The summed E-state index contributed by atoms with van der Waals surface area (Å²) in [6, 6.07) is 6.40. The Morgan fingerprint density at radius 1 is 1.15 bits per heavy atom. The van der Waals surface area contributed by atoms with Gasteiger partial charge in [0.2, 0.25) is 0 Å². The predicted molar refractivity (Wildman–Crippen MR) is 81.6 cm³/mol. The van der Waals surface area contributed by atoms with Crippen molar-refractivity contribution in [1.29, 1.82) is 0 Å². The molecular weight excluding hydrogens is 254 g/mol. The molecular formula is C16H27NO3. The first-order valence-corrected chi connectivity index (χ1v) is 7.12. The Kier molecular flexibility index (Phi) is 7.41. The molecule has 1 aromatic carbocycles. The molecule has 114 valence electrons. The highest BCUT2D eigenvalue weighted by Gasteiger charge is 2.10. The van der Waals surface area contributed by atoms with Gasteiger partial charge in [0.1, 0.15) is 11.5 Å². The third-order valence-corrected chi connectivity index (χ3v) is 3.03. The summed E-state index contributed by atoms with van der Waals surface area (Å²) in [5.41, 5.74) is 1.14. The largest absolute Gasteiger partial charge is 0.497 e.